The summed E-state index contributed by atoms with van der Waals surface area (Å²) in [6, 6.07) is 8.59. The maximum atomic E-state index is 11.9. The minimum atomic E-state index is -1.38. The molecule has 1 saturated carbocycles. The number of benzene rings is 1. The average Bonchev–Trinajstić information content (AvgIpc) is 2.46. The maximum Gasteiger partial charge on any atom is 0.338 e. The van der Waals surface area contributed by atoms with Gasteiger partial charge in [0.2, 0.25) is 0 Å². The van der Waals surface area contributed by atoms with Crippen LogP contribution in [0.25, 0.3) is 0 Å². The van der Waals surface area contributed by atoms with Gasteiger partial charge < -0.3 is 14.9 Å². The van der Waals surface area contributed by atoms with Crippen molar-refractivity contribution in [2.45, 2.75) is 44.0 Å². The third kappa shape index (κ3) is 3.65. The maximum absolute atomic E-state index is 11.9. The van der Waals surface area contributed by atoms with Crippen LogP contribution >= 0.6 is 0 Å². The van der Waals surface area contributed by atoms with E-state index in [0.29, 0.717) is 18.4 Å². The molecule has 0 amide bonds. The number of carbonyl (C=O) groups excluding carboxylic acids is 2. The fourth-order valence-electron chi connectivity index (χ4n) is 2.28. The smallest absolute Gasteiger partial charge is 0.338 e. The predicted octanol–water partition coefficient (Wildman–Crippen LogP) is 1.08. The number of esters is 1. The number of hydrogen-bond acceptors (Lipinski definition) is 5. The van der Waals surface area contributed by atoms with E-state index in [2.05, 4.69) is 0 Å². The van der Waals surface area contributed by atoms with E-state index >= 15 is 0 Å². The molecule has 0 aliphatic heterocycles. The van der Waals surface area contributed by atoms with E-state index in [9.17, 15) is 19.8 Å². The largest absolute Gasteiger partial charge is 0.459 e. The number of carbonyl (C=O) groups is 2. The highest BCUT2D eigenvalue weighted by molar-refractivity contribution is 5.89. The van der Waals surface area contributed by atoms with Gasteiger partial charge in [0, 0.05) is 12.8 Å². The zero-order valence-electron chi connectivity index (χ0n) is 11.1. The van der Waals surface area contributed by atoms with Crippen LogP contribution in [0.15, 0.2) is 30.3 Å². The lowest BCUT2D eigenvalue weighted by Gasteiger charge is -2.26. The second-order valence-electron chi connectivity index (χ2n) is 5.00. The molecule has 0 heterocycles. The fraction of sp³-hybridized carbons (Fsp3) is 0.467. The van der Waals surface area contributed by atoms with Crippen LogP contribution in [0.2, 0.25) is 0 Å². The van der Waals surface area contributed by atoms with Crippen molar-refractivity contribution in [3.63, 3.8) is 0 Å². The van der Waals surface area contributed by atoms with Gasteiger partial charge >= 0.3 is 5.97 Å². The van der Waals surface area contributed by atoms with Crippen molar-refractivity contribution in [3.8, 4) is 0 Å². The molecule has 0 radical (unpaired) electrons. The van der Waals surface area contributed by atoms with Crippen LogP contribution in [0.4, 0.5) is 0 Å². The number of aliphatic hydroxyl groups excluding tert-OH is 2. The van der Waals surface area contributed by atoms with Crippen LogP contribution in [0.1, 0.15) is 36.0 Å². The first kappa shape index (κ1) is 14.7. The molecule has 20 heavy (non-hydrogen) atoms. The summed E-state index contributed by atoms with van der Waals surface area (Å²) in [5, 5.41) is 19.3. The highest BCUT2D eigenvalue weighted by Gasteiger charge is 2.30. The lowest BCUT2D eigenvalue weighted by atomic mass is 9.93. The van der Waals surface area contributed by atoms with E-state index < -0.39 is 24.3 Å². The Bertz CT molecular complexity index is 470. The third-order valence-corrected chi connectivity index (χ3v) is 3.43. The molecule has 1 aliphatic carbocycles. The fourth-order valence-corrected chi connectivity index (χ4v) is 2.28. The number of rotatable bonds is 2. The first-order valence-corrected chi connectivity index (χ1v) is 6.73. The quantitative estimate of drug-likeness (QED) is 0.791. The van der Waals surface area contributed by atoms with Gasteiger partial charge in [0.15, 0.2) is 5.78 Å². The topological polar surface area (TPSA) is 83.8 Å². The molecule has 3 atom stereocenters. The van der Waals surface area contributed by atoms with Crippen molar-refractivity contribution in [3.05, 3.63) is 35.9 Å². The van der Waals surface area contributed by atoms with E-state index in [1.165, 1.54) is 0 Å². The van der Waals surface area contributed by atoms with Gasteiger partial charge in [-0.15, -0.1) is 0 Å². The molecule has 1 fully saturated rings. The minimum Gasteiger partial charge on any atom is -0.459 e. The van der Waals surface area contributed by atoms with Crippen LogP contribution in [-0.2, 0) is 9.53 Å². The van der Waals surface area contributed by atoms with Gasteiger partial charge in [-0.2, -0.15) is 0 Å². The molecule has 0 spiro atoms. The molecule has 1 aromatic carbocycles. The Hall–Kier alpha value is -1.72. The summed E-state index contributed by atoms with van der Waals surface area (Å²) >= 11 is 0. The number of ketones is 1. The predicted molar refractivity (Wildman–Crippen MR) is 71.1 cm³/mol. The standard InChI is InChI=1S/C15H18O5/c16-12-8-4-7-11(9-13(17)14(12)18)20-15(19)10-5-2-1-3-6-10/h1-3,5-6,11,13-14,17-18H,4,7-9H2. The van der Waals surface area contributed by atoms with E-state index in [4.69, 9.17) is 4.74 Å². The van der Waals surface area contributed by atoms with Crippen LogP contribution in [-0.4, -0.2) is 40.3 Å². The zero-order valence-corrected chi connectivity index (χ0v) is 11.1. The average molecular weight is 278 g/mol. The van der Waals surface area contributed by atoms with E-state index in [1.54, 1.807) is 30.3 Å². The SMILES string of the molecule is O=C(OC1CCCC(=O)C(O)C(O)C1)c1ccccc1. The number of aliphatic hydroxyl groups is 2. The molecule has 5 heteroatoms. The van der Waals surface area contributed by atoms with Crippen LogP contribution in [0.5, 0.6) is 0 Å². The van der Waals surface area contributed by atoms with Gasteiger partial charge in [0.1, 0.15) is 12.2 Å². The van der Waals surface area contributed by atoms with Crippen LogP contribution < -0.4 is 0 Å². The van der Waals surface area contributed by atoms with Crippen LogP contribution in [0.3, 0.4) is 0 Å². The lowest BCUT2D eigenvalue weighted by molar-refractivity contribution is -0.135. The van der Waals surface area contributed by atoms with Gasteiger partial charge in [-0.1, -0.05) is 18.2 Å². The molecule has 0 aromatic heterocycles. The Kier molecular flexibility index (Phi) is 4.87. The summed E-state index contributed by atoms with van der Waals surface area (Å²) in [7, 11) is 0. The molecular weight excluding hydrogens is 260 g/mol. The summed E-state index contributed by atoms with van der Waals surface area (Å²) < 4.78 is 5.35. The molecule has 5 nitrogen and oxygen atoms in total. The van der Waals surface area contributed by atoms with Crippen molar-refractivity contribution >= 4 is 11.8 Å². The van der Waals surface area contributed by atoms with Crippen molar-refractivity contribution in [1.82, 2.24) is 0 Å². The van der Waals surface area contributed by atoms with Gasteiger partial charge in [-0.3, -0.25) is 4.79 Å². The molecule has 1 aliphatic rings. The van der Waals surface area contributed by atoms with Gasteiger partial charge in [0.05, 0.1) is 11.7 Å². The molecule has 1 aromatic rings. The third-order valence-electron chi connectivity index (χ3n) is 3.43. The van der Waals surface area contributed by atoms with E-state index in [-0.39, 0.29) is 18.6 Å². The molecule has 3 unspecified atom stereocenters. The summed E-state index contributed by atoms with van der Waals surface area (Å²) in [5.41, 5.74) is 0.445. The monoisotopic (exact) mass is 278 g/mol. The Balaban J connectivity index is 1.98. The Morgan fingerprint density at radius 2 is 1.90 bits per heavy atom. The van der Waals surface area contributed by atoms with Crippen LogP contribution in [0, 0.1) is 0 Å². The Morgan fingerprint density at radius 1 is 1.20 bits per heavy atom. The second-order valence-corrected chi connectivity index (χ2v) is 5.00. The van der Waals surface area contributed by atoms with E-state index in [1.807, 2.05) is 0 Å². The Morgan fingerprint density at radius 3 is 2.60 bits per heavy atom. The van der Waals surface area contributed by atoms with Crippen molar-refractivity contribution in [2.24, 2.45) is 0 Å². The van der Waals surface area contributed by atoms with E-state index in [0.717, 1.165) is 0 Å². The normalized spacial score (nSPS) is 27.5. The highest BCUT2D eigenvalue weighted by Crippen LogP contribution is 2.20. The number of Topliss-reactive ketones (excluding diaryl/α,β-unsaturated/α-hetero) is 1. The summed E-state index contributed by atoms with van der Waals surface area (Å²) in [6.45, 7) is 0. The number of hydrogen-bond donors (Lipinski definition) is 2. The molecule has 0 saturated heterocycles. The van der Waals surface area contributed by atoms with Crippen molar-refractivity contribution in [1.29, 1.82) is 0 Å². The summed E-state index contributed by atoms with van der Waals surface area (Å²) in [4.78, 5) is 23.3. The van der Waals surface area contributed by atoms with Gasteiger partial charge in [-0.05, 0) is 25.0 Å². The highest BCUT2D eigenvalue weighted by atomic mass is 16.5. The molecule has 2 N–H and O–H groups in total. The molecule has 0 bridgehead atoms. The molecule has 2 rings (SSSR count). The summed E-state index contributed by atoms with van der Waals surface area (Å²) in [5.74, 6) is -0.811. The van der Waals surface area contributed by atoms with Crippen molar-refractivity contribution < 1.29 is 24.5 Å². The van der Waals surface area contributed by atoms with Crippen molar-refractivity contribution in [2.75, 3.05) is 0 Å². The zero-order chi connectivity index (χ0) is 14.5. The first-order chi connectivity index (χ1) is 9.58. The van der Waals surface area contributed by atoms with Gasteiger partial charge in [0.25, 0.3) is 0 Å². The Labute approximate surface area is 117 Å². The summed E-state index contributed by atoms with van der Waals surface area (Å²) in [6.07, 6.45) is -1.74. The lowest BCUT2D eigenvalue weighted by Crippen LogP contribution is -2.39. The van der Waals surface area contributed by atoms with Gasteiger partial charge in [-0.25, -0.2) is 4.79 Å². The first-order valence-electron chi connectivity index (χ1n) is 6.73. The molecule has 108 valence electrons. The molecular formula is C15H18O5. The minimum absolute atomic E-state index is 0.0749. The second kappa shape index (κ2) is 6.63. The number of ether oxygens (including phenoxy) is 1.